The highest BCUT2D eigenvalue weighted by molar-refractivity contribution is 7.07. The molecule has 0 bridgehead atoms. The number of ether oxygens (including phenoxy) is 1. The highest BCUT2D eigenvalue weighted by atomic mass is 32.1. The monoisotopic (exact) mass is 411 g/mol. The third-order valence-corrected chi connectivity index (χ3v) is 7.03. The molecule has 5 nitrogen and oxygen atoms in total. The van der Waals surface area contributed by atoms with Crippen LogP contribution in [-0.4, -0.2) is 54.5 Å². The van der Waals surface area contributed by atoms with Gasteiger partial charge in [-0.05, 0) is 43.8 Å². The number of hydrogen-bond donors (Lipinski definition) is 0. The number of amides is 1. The van der Waals surface area contributed by atoms with Crippen LogP contribution in [0.25, 0.3) is 6.08 Å². The van der Waals surface area contributed by atoms with Gasteiger partial charge in [0, 0.05) is 30.5 Å². The maximum Gasteiger partial charge on any atom is 0.226 e. The topological polar surface area (TPSA) is 45.7 Å². The van der Waals surface area contributed by atoms with E-state index in [0.717, 1.165) is 55.9 Å². The molecular formula is C23H29N3O2S. The van der Waals surface area contributed by atoms with Crippen LogP contribution in [0.15, 0.2) is 41.2 Å². The van der Waals surface area contributed by atoms with Gasteiger partial charge in [0.2, 0.25) is 5.91 Å². The second kappa shape index (κ2) is 8.67. The average Bonchev–Trinajstić information content (AvgIpc) is 3.18. The Kier molecular flexibility index (Phi) is 6.01. The molecule has 0 radical (unpaired) electrons. The van der Waals surface area contributed by atoms with E-state index in [1.165, 1.54) is 0 Å². The van der Waals surface area contributed by atoms with E-state index >= 15 is 0 Å². The number of benzene rings is 1. The highest BCUT2D eigenvalue weighted by Gasteiger charge is 2.58. The van der Waals surface area contributed by atoms with Crippen molar-refractivity contribution in [3.8, 4) is 5.75 Å². The van der Waals surface area contributed by atoms with Gasteiger partial charge >= 0.3 is 0 Å². The molecule has 2 aromatic rings. The summed E-state index contributed by atoms with van der Waals surface area (Å²) in [4.78, 5) is 21.5. The van der Waals surface area contributed by atoms with E-state index in [-0.39, 0.29) is 11.3 Å². The molecule has 1 aliphatic carbocycles. The Balaban J connectivity index is 1.24. The number of likely N-dealkylation sites (tertiary alicyclic amines) is 1. The van der Waals surface area contributed by atoms with Crippen LogP contribution < -0.4 is 4.74 Å². The van der Waals surface area contributed by atoms with Crippen LogP contribution in [0.3, 0.4) is 0 Å². The van der Waals surface area contributed by atoms with E-state index in [1.54, 1.807) is 18.4 Å². The minimum atomic E-state index is 0.206. The largest absolute Gasteiger partial charge is 0.496 e. The lowest BCUT2D eigenvalue weighted by molar-refractivity contribution is -0.133. The van der Waals surface area contributed by atoms with Crippen molar-refractivity contribution in [2.75, 3.05) is 33.8 Å². The molecule has 1 aromatic heterocycles. The Labute approximate surface area is 177 Å². The van der Waals surface area contributed by atoms with Crippen LogP contribution in [-0.2, 0) is 11.3 Å². The zero-order chi connectivity index (χ0) is 20.3. The standard InChI is InChI=1S/C23H29N3O2S/c1-25(15-19-16-29-17-24-19)22(27)20-14-23(20)9-12-26(13-10-23)11-5-7-18-6-3-4-8-21(18)28-2/h3-8,16-17,20H,9-15H2,1-2H3. The normalized spacial score (nSPS) is 20.8. The number of methoxy groups -OCH3 is 1. The summed E-state index contributed by atoms with van der Waals surface area (Å²) < 4.78 is 5.41. The molecule has 4 rings (SSSR count). The van der Waals surface area contributed by atoms with E-state index in [4.69, 9.17) is 4.74 Å². The minimum Gasteiger partial charge on any atom is -0.496 e. The molecule has 1 unspecified atom stereocenters. The number of carbonyl (C=O) groups excluding carboxylic acids is 1. The Morgan fingerprint density at radius 1 is 1.38 bits per heavy atom. The van der Waals surface area contributed by atoms with Gasteiger partial charge in [-0.15, -0.1) is 11.3 Å². The van der Waals surface area contributed by atoms with Crippen molar-refractivity contribution >= 4 is 23.3 Å². The second-order valence-electron chi connectivity index (χ2n) is 8.24. The molecule has 1 saturated carbocycles. The number of thiazole rings is 1. The zero-order valence-corrected chi connectivity index (χ0v) is 18.0. The quantitative estimate of drug-likeness (QED) is 0.693. The predicted octanol–water partition coefficient (Wildman–Crippen LogP) is 3.93. The number of nitrogens with zero attached hydrogens (tertiary/aromatic N) is 3. The van der Waals surface area contributed by atoms with Crippen LogP contribution in [0.1, 0.15) is 30.5 Å². The molecule has 1 atom stereocenters. The maximum atomic E-state index is 12.8. The first kappa shape index (κ1) is 20.1. The van der Waals surface area contributed by atoms with Gasteiger partial charge in [0.25, 0.3) is 0 Å². The van der Waals surface area contributed by atoms with Crippen LogP contribution in [0, 0.1) is 11.3 Å². The van der Waals surface area contributed by atoms with Crippen LogP contribution in [0.4, 0.5) is 0 Å². The molecule has 1 spiro atoms. The Bertz CT molecular complexity index is 857. The van der Waals surface area contributed by atoms with Crippen molar-refractivity contribution < 1.29 is 9.53 Å². The molecule has 29 heavy (non-hydrogen) atoms. The van der Waals surface area contributed by atoms with E-state index < -0.39 is 0 Å². The molecule has 0 N–H and O–H groups in total. The number of carbonyl (C=O) groups is 1. The van der Waals surface area contributed by atoms with E-state index in [0.29, 0.717) is 12.5 Å². The van der Waals surface area contributed by atoms with Crippen molar-refractivity contribution in [2.45, 2.75) is 25.8 Å². The van der Waals surface area contributed by atoms with Crippen LogP contribution in [0.2, 0.25) is 0 Å². The summed E-state index contributed by atoms with van der Waals surface area (Å²) in [5.74, 6) is 1.40. The first-order valence-corrected chi connectivity index (χ1v) is 11.2. The maximum absolute atomic E-state index is 12.8. The van der Waals surface area contributed by atoms with Crippen LogP contribution >= 0.6 is 11.3 Å². The molecule has 2 heterocycles. The summed E-state index contributed by atoms with van der Waals surface area (Å²) in [6, 6.07) is 8.08. The van der Waals surface area contributed by atoms with Crippen molar-refractivity contribution in [1.82, 2.24) is 14.8 Å². The second-order valence-corrected chi connectivity index (χ2v) is 8.96. The van der Waals surface area contributed by atoms with Gasteiger partial charge < -0.3 is 9.64 Å². The summed E-state index contributed by atoms with van der Waals surface area (Å²) in [6.45, 7) is 3.69. The highest BCUT2D eigenvalue weighted by Crippen LogP contribution is 2.60. The van der Waals surface area contributed by atoms with Crippen LogP contribution in [0.5, 0.6) is 5.75 Å². The molecule has 154 valence electrons. The first-order valence-electron chi connectivity index (χ1n) is 10.3. The average molecular weight is 412 g/mol. The molecule has 1 aliphatic heterocycles. The van der Waals surface area contributed by atoms with E-state index in [2.05, 4.69) is 28.1 Å². The number of aromatic nitrogens is 1. The Hall–Kier alpha value is -2.18. The van der Waals surface area contributed by atoms with Crippen molar-refractivity contribution in [3.63, 3.8) is 0 Å². The van der Waals surface area contributed by atoms with Crippen molar-refractivity contribution in [2.24, 2.45) is 11.3 Å². The van der Waals surface area contributed by atoms with Gasteiger partial charge in [-0.25, -0.2) is 4.98 Å². The summed E-state index contributed by atoms with van der Waals surface area (Å²) in [6.07, 6.45) is 7.65. The Morgan fingerprint density at radius 2 is 2.17 bits per heavy atom. The molecular weight excluding hydrogens is 382 g/mol. The first-order chi connectivity index (χ1) is 14.1. The molecule has 1 amide bonds. The number of piperidine rings is 1. The SMILES string of the molecule is COc1ccccc1C=CCN1CCC2(CC1)CC2C(=O)N(C)Cc1cscn1. The third-order valence-electron chi connectivity index (χ3n) is 6.40. The molecule has 2 aliphatic rings. The molecule has 2 fully saturated rings. The van der Waals surface area contributed by atoms with Gasteiger partial charge in [0.1, 0.15) is 5.75 Å². The fourth-order valence-electron chi connectivity index (χ4n) is 4.47. The minimum absolute atomic E-state index is 0.206. The van der Waals surface area contributed by atoms with Gasteiger partial charge in [-0.2, -0.15) is 0 Å². The lowest BCUT2D eigenvalue weighted by Gasteiger charge is -2.32. The van der Waals surface area contributed by atoms with Gasteiger partial charge in [0.05, 0.1) is 24.9 Å². The third kappa shape index (κ3) is 4.54. The van der Waals surface area contributed by atoms with E-state index in [1.807, 2.05) is 41.0 Å². The fraction of sp³-hybridized carbons (Fsp3) is 0.478. The predicted molar refractivity (Wildman–Crippen MR) is 117 cm³/mol. The Morgan fingerprint density at radius 3 is 2.90 bits per heavy atom. The van der Waals surface area contributed by atoms with Gasteiger partial charge in [0.15, 0.2) is 0 Å². The molecule has 1 saturated heterocycles. The summed E-state index contributed by atoms with van der Waals surface area (Å²) in [5, 5.41) is 2.02. The van der Waals surface area contributed by atoms with Gasteiger partial charge in [-0.1, -0.05) is 30.4 Å². The molecule has 1 aromatic carbocycles. The number of para-hydroxylation sites is 1. The summed E-state index contributed by atoms with van der Waals surface area (Å²) >= 11 is 1.58. The smallest absolute Gasteiger partial charge is 0.226 e. The fourth-order valence-corrected chi connectivity index (χ4v) is 5.02. The van der Waals surface area contributed by atoms with E-state index in [9.17, 15) is 4.79 Å². The molecule has 6 heteroatoms. The lowest BCUT2D eigenvalue weighted by Crippen LogP contribution is -2.37. The van der Waals surface area contributed by atoms with Crippen molar-refractivity contribution in [3.05, 3.63) is 52.5 Å². The summed E-state index contributed by atoms with van der Waals surface area (Å²) in [5.41, 5.74) is 4.16. The lowest BCUT2D eigenvalue weighted by atomic mass is 9.90. The zero-order valence-electron chi connectivity index (χ0n) is 17.2. The van der Waals surface area contributed by atoms with Crippen molar-refractivity contribution in [1.29, 1.82) is 0 Å². The van der Waals surface area contributed by atoms with Gasteiger partial charge in [-0.3, -0.25) is 9.69 Å². The number of hydrogen-bond acceptors (Lipinski definition) is 5. The summed E-state index contributed by atoms with van der Waals surface area (Å²) in [7, 11) is 3.61. The number of rotatable bonds is 7.